The van der Waals surface area contributed by atoms with E-state index in [0.29, 0.717) is 0 Å². The zero-order valence-corrected chi connectivity index (χ0v) is 11.4. The number of halogens is 1. The molecular weight excluding hydrogens is 248 g/mol. The van der Waals surface area contributed by atoms with Gasteiger partial charge in [0.05, 0.1) is 13.2 Å². The Kier molecular flexibility index (Phi) is 5.01. The lowest BCUT2D eigenvalue weighted by Crippen LogP contribution is -2.60. The van der Waals surface area contributed by atoms with Crippen molar-refractivity contribution in [2.75, 3.05) is 39.4 Å². The maximum atomic E-state index is 5.39. The van der Waals surface area contributed by atoms with Crippen LogP contribution in [-0.4, -0.2) is 55.2 Å². The number of ether oxygens (including phenoxy) is 1. The highest BCUT2D eigenvalue weighted by molar-refractivity contribution is 5.85. The van der Waals surface area contributed by atoms with Crippen molar-refractivity contribution >= 4 is 12.4 Å². The molecule has 1 aromatic carbocycles. The fourth-order valence-electron chi connectivity index (χ4n) is 2.69. The molecule has 0 amide bonds. The smallest absolute Gasteiger partial charge is 0.0594 e. The second kappa shape index (κ2) is 6.53. The maximum absolute atomic E-state index is 5.39. The van der Waals surface area contributed by atoms with Crippen molar-refractivity contribution in [1.29, 1.82) is 0 Å². The van der Waals surface area contributed by atoms with Crippen LogP contribution in [0.25, 0.3) is 0 Å². The maximum Gasteiger partial charge on any atom is 0.0594 e. The van der Waals surface area contributed by atoms with Gasteiger partial charge in [-0.05, 0) is 5.56 Å². The first-order valence-electron chi connectivity index (χ1n) is 6.50. The number of likely N-dealkylation sites (tertiary alicyclic amines) is 1. The molecule has 2 saturated heterocycles. The summed E-state index contributed by atoms with van der Waals surface area (Å²) in [7, 11) is 0. The van der Waals surface area contributed by atoms with E-state index in [-0.39, 0.29) is 12.4 Å². The van der Waals surface area contributed by atoms with Crippen molar-refractivity contribution in [3.63, 3.8) is 0 Å². The van der Waals surface area contributed by atoms with Crippen molar-refractivity contribution in [2.45, 2.75) is 12.6 Å². The van der Waals surface area contributed by atoms with Gasteiger partial charge in [0.1, 0.15) is 0 Å². The second-order valence-electron chi connectivity index (χ2n) is 4.98. The molecule has 3 rings (SSSR count). The number of nitrogens with zero attached hydrogens (tertiary/aromatic N) is 2. The SMILES string of the molecule is Cl.c1ccc(CN2CC(N3CCOCC3)C2)cc1. The van der Waals surface area contributed by atoms with Gasteiger partial charge in [-0.3, -0.25) is 9.80 Å². The molecule has 100 valence electrons. The van der Waals surface area contributed by atoms with Gasteiger partial charge in [-0.25, -0.2) is 0 Å². The van der Waals surface area contributed by atoms with E-state index in [2.05, 4.69) is 40.1 Å². The number of rotatable bonds is 3. The number of hydrogen-bond donors (Lipinski definition) is 0. The van der Waals surface area contributed by atoms with Crippen LogP contribution in [0.15, 0.2) is 30.3 Å². The van der Waals surface area contributed by atoms with Gasteiger partial charge < -0.3 is 4.74 Å². The molecule has 0 unspecified atom stereocenters. The highest BCUT2D eigenvalue weighted by Crippen LogP contribution is 2.18. The molecule has 18 heavy (non-hydrogen) atoms. The highest BCUT2D eigenvalue weighted by atomic mass is 35.5. The van der Waals surface area contributed by atoms with Crippen LogP contribution in [-0.2, 0) is 11.3 Å². The monoisotopic (exact) mass is 268 g/mol. The molecule has 1 aromatic rings. The summed E-state index contributed by atoms with van der Waals surface area (Å²) >= 11 is 0. The van der Waals surface area contributed by atoms with Crippen LogP contribution < -0.4 is 0 Å². The van der Waals surface area contributed by atoms with E-state index in [9.17, 15) is 0 Å². The Morgan fingerprint density at radius 3 is 2.39 bits per heavy atom. The predicted molar refractivity (Wildman–Crippen MR) is 75.1 cm³/mol. The Morgan fingerprint density at radius 2 is 1.72 bits per heavy atom. The average molecular weight is 269 g/mol. The lowest BCUT2D eigenvalue weighted by molar-refractivity contribution is -0.0344. The predicted octanol–water partition coefficient (Wildman–Crippen LogP) is 1.62. The average Bonchev–Trinajstić information content (AvgIpc) is 2.36. The minimum atomic E-state index is 0. The summed E-state index contributed by atoms with van der Waals surface area (Å²) in [5.41, 5.74) is 1.42. The van der Waals surface area contributed by atoms with E-state index in [1.807, 2.05) is 0 Å². The Labute approximate surface area is 115 Å². The number of hydrogen-bond acceptors (Lipinski definition) is 3. The molecule has 0 N–H and O–H groups in total. The van der Waals surface area contributed by atoms with E-state index in [0.717, 1.165) is 38.9 Å². The minimum Gasteiger partial charge on any atom is -0.379 e. The normalized spacial score (nSPS) is 22.2. The van der Waals surface area contributed by atoms with E-state index in [1.54, 1.807) is 0 Å². The topological polar surface area (TPSA) is 15.7 Å². The van der Waals surface area contributed by atoms with Crippen LogP contribution in [0.1, 0.15) is 5.56 Å². The van der Waals surface area contributed by atoms with Crippen molar-refractivity contribution in [3.8, 4) is 0 Å². The van der Waals surface area contributed by atoms with Crippen LogP contribution >= 0.6 is 12.4 Å². The van der Waals surface area contributed by atoms with E-state index in [1.165, 1.54) is 18.7 Å². The standard InChI is InChI=1S/C14H20N2O.ClH/c1-2-4-13(5-3-1)10-15-11-14(12-15)16-6-8-17-9-7-16;/h1-5,14H,6-12H2;1H. The van der Waals surface area contributed by atoms with Gasteiger partial charge in [-0.2, -0.15) is 0 Å². The summed E-state index contributed by atoms with van der Waals surface area (Å²) in [5.74, 6) is 0. The zero-order chi connectivity index (χ0) is 11.5. The fourth-order valence-corrected chi connectivity index (χ4v) is 2.69. The Morgan fingerprint density at radius 1 is 1.06 bits per heavy atom. The van der Waals surface area contributed by atoms with Gasteiger partial charge in [0.2, 0.25) is 0 Å². The van der Waals surface area contributed by atoms with Crippen molar-refractivity contribution in [3.05, 3.63) is 35.9 Å². The van der Waals surface area contributed by atoms with Crippen LogP contribution in [0.3, 0.4) is 0 Å². The van der Waals surface area contributed by atoms with Gasteiger partial charge in [-0.1, -0.05) is 30.3 Å². The van der Waals surface area contributed by atoms with Gasteiger partial charge in [0.25, 0.3) is 0 Å². The summed E-state index contributed by atoms with van der Waals surface area (Å²) in [4.78, 5) is 5.10. The molecule has 2 fully saturated rings. The molecule has 3 nitrogen and oxygen atoms in total. The van der Waals surface area contributed by atoms with E-state index in [4.69, 9.17) is 4.74 Å². The Hall–Kier alpha value is -0.610. The summed E-state index contributed by atoms with van der Waals surface area (Å²) in [6.07, 6.45) is 0. The molecule has 0 saturated carbocycles. The molecule has 4 heteroatoms. The summed E-state index contributed by atoms with van der Waals surface area (Å²) in [6.45, 7) is 7.59. The molecule has 0 radical (unpaired) electrons. The summed E-state index contributed by atoms with van der Waals surface area (Å²) in [5, 5.41) is 0. The molecule has 2 aliphatic rings. The lowest BCUT2D eigenvalue weighted by atomic mass is 10.1. The van der Waals surface area contributed by atoms with Crippen molar-refractivity contribution < 1.29 is 4.74 Å². The molecule has 0 atom stereocenters. The van der Waals surface area contributed by atoms with E-state index < -0.39 is 0 Å². The third-order valence-corrected chi connectivity index (χ3v) is 3.75. The molecular formula is C14H21ClN2O. The minimum absolute atomic E-state index is 0. The van der Waals surface area contributed by atoms with Crippen molar-refractivity contribution in [2.24, 2.45) is 0 Å². The fraction of sp³-hybridized carbons (Fsp3) is 0.571. The van der Waals surface area contributed by atoms with Crippen LogP contribution in [0.2, 0.25) is 0 Å². The van der Waals surface area contributed by atoms with Crippen molar-refractivity contribution in [1.82, 2.24) is 9.80 Å². The summed E-state index contributed by atoms with van der Waals surface area (Å²) in [6, 6.07) is 11.5. The molecule has 0 spiro atoms. The van der Waals surface area contributed by atoms with Gasteiger partial charge in [0.15, 0.2) is 0 Å². The largest absolute Gasteiger partial charge is 0.379 e. The zero-order valence-electron chi connectivity index (χ0n) is 10.6. The molecule has 2 heterocycles. The van der Waals surface area contributed by atoms with Gasteiger partial charge in [0, 0.05) is 38.8 Å². The third kappa shape index (κ3) is 3.23. The molecule has 2 aliphatic heterocycles. The highest BCUT2D eigenvalue weighted by Gasteiger charge is 2.32. The molecule has 0 aliphatic carbocycles. The first kappa shape index (κ1) is 13.8. The first-order chi connectivity index (χ1) is 8.42. The molecule has 0 aromatic heterocycles. The van der Waals surface area contributed by atoms with Crippen LogP contribution in [0.4, 0.5) is 0 Å². The quantitative estimate of drug-likeness (QED) is 0.829. The third-order valence-electron chi connectivity index (χ3n) is 3.75. The Bertz CT molecular complexity index is 348. The number of benzene rings is 1. The van der Waals surface area contributed by atoms with Crippen LogP contribution in [0.5, 0.6) is 0 Å². The van der Waals surface area contributed by atoms with Gasteiger partial charge >= 0.3 is 0 Å². The number of morpholine rings is 1. The first-order valence-corrected chi connectivity index (χ1v) is 6.50. The molecule has 0 bridgehead atoms. The van der Waals surface area contributed by atoms with Gasteiger partial charge in [-0.15, -0.1) is 12.4 Å². The second-order valence-corrected chi connectivity index (χ2v) is 4.98. The van der Waals surface area contributed by atoms with E-state index >= 15 is 0 Å². The lowest BCUT2D eigenvalue weighted by Gasteiger charge is -2.46. The summed E-state index contributed by atoms with van der Waals surface area (Å²) < 4.78 is 5.39. The van der Waals surface area contributed by atoms with Crippen LogP contribution in [0, 0.1) is 0 Å². The Balaban J connectivity index is 0.00000120.